The molecule has 0 atom stereocenters. The van der Waals surface area contributed by atoms with Gasteiger partial charge in [0.05, 0.1) is 5.56 Å². The normalized spacial score (nSPS) is 18.1. The van der Waals surface area contributed by atoms with Crippen molar-refractivity contribution in [1.29, 1.82) is 0 Å². The van der Waals surface area contributed by atoms with Crippen LogP contribution in [-0.4, -0.2) is 35.5 Å². The zero-order valence-electron chi connectivity index (χ0n) is 24.9. The first-order chi connectivity index (χ1) is 17.9. The number of carbonyl (C=O) groups excluding carboxylic acids is 1. The highest BCUT2D eigenvalue weighted by molar-refractivity contribution is 7.99. The van der Waals surface area contributed by atoms with Crippen molar-refractivity contribution in [2.24, 2.45) is 11.3 Å². The van der Waals surface area contributed by atoms with Crippen LogP contribution in [-0.2, 0) is 16.7 Å². The Morgan fingerprint density at radius 3 is 2.32 bits per heavy atom. The average molecular weight is 539 g/mol. The van der Waals surface area contributed by atoms with Gasteiger partial charge in [-0.15, -0.1) is 11.8 Å². The second-order valence-corrected chi connectivity index (χ2v) is 14.8. The largest absolute Gasteiger partial charge is 0.381 e. The lowest BCUT2D eigenvalue weighted by Gasteiger charge is -2.27. The summed E-state index contributed by atoms with van der Waals surface area (Å²) in [6.45, 7) is 18.4. The van der Waals surface area contributed by atoms with Crippen LogP contribution in [0.25, 0.3) is 11.3 Å². The Bertz CT molecular complexity index is 1090. The third-order valence-electron chi connectivity index (χ3n) is 8.08. The van der Waals surface area contributed by atoms with Crippen LogP contribution in [0.1, 0.15) is 108 Å². The molecule has 1 saturated carbocycles. The first-order valence-electron chi connectivity index (χ1n) is 14.8. The van der Waals surface area contributed by atoms with Gasteiger partial charge in [-0.3, -0.25) is 4.79 Å². The molecular formula is C33H50N2O2S. The number of nitrogens with one attached hydrogen (secondary N) is 1. The number of nitrogens with zero attached hydrogens (tertiary/aromatic N) is 1. The second kappa shape index (κ2) is 12.2. The van der Waals surface area contributed by atoms with E-state index in [-0.39, 0.29) is 22.8 Å². The highest BCUT2D eigenvalue weighted by atomic mass is 32.2. The SMILES string of the molecule is Cc1c(C(=O)NC2CCOCC2)cc(-c2ccc(SCC(C)(C)C)c(C(C)(C)C)c2)n1CC1CCCCC1. The molecule has 0 unspecified atom stereocenters. The van der Waals surface area contributed by atoms with Crippen molar-refractivity contribution in [1.82, 2.24) is 9.88 Å². The molecule has 4 nitrogen and oxygen atoms in total. The van der Waals surface area contributed by atoms with Crippen molar-refractivity contribution in [2.75, 3.05) is 19.0 Å². The van der Waals surface area contributed by atoms with Crippen LogP contribution in [0.3, 0.4) is 0 Å². The Morgan fingerprint density at radius 2 is 1.68 bits per heavy atom. The lowest BCUT2D eigenvalue weighted by Crippen LogP contribution is -2.39. The average Bonchev–Trinajstić information content (AvgIpc) is 3.19. The minimum absolute atomic E-state index is 0.0370. The summed E-state index contributed by atoms with van der Waals surface area (Å²) in [4.78, 5) is 14.9. The first-order valence-corrected chi connectivity index (χ1v) is 15.8. The van der Waals surface area contributed by atoms with E-state index in [1.165, 1.54) is 53.8 Å². The summed E-state index contributed by atoms with van der Waals surface area (Å²) >= 11 is 1.97. The summed E-state index contributed by atoms with van der Waals surface area (Å²) in [6, 6.07) is 9.37. The Hall–Kier alpha value is -1.72. The predicted molar refractivity (Wildman–Crippen MR) is 161 cm³/mol. The van der Waals surface area contributed by atoms with Gasteiger partial charge in [0.2, 0.25) is 0 Å². The zero-order chi connectivity index (χ0) is 27.5. The minimum atomic E-state index is 0.0370. The summed E-state index contributed by atoms with van der Waals surface area (Å²) in [7, 11) is 0. The van der Waals surface area contributed by atoms with Crippen LogP contribution in [0.5, 0.6) is 0 Å². The molecular weight excluding hydrogens is 488 g/mol. The van der Waals surface area contributed by atoms with Crippen molar-refractivity contribution in [3.8, 4) is 11.3 Å². The van der Waals surface area contributed by atoms with Crippen LogP contribution < -0.4 is 5.32 Å². The molecule has 2 fully saturated rings. The Balaban J connectivity index is 1.71. The van der Waals surface area contributed by atoms with Crippen LogP contribution in [0.15, 0.2) is 29.2 Å². The van der Waals surface area contributed by atoms with Crippen molar-refractivity contribution in [3.05, 3.63) is 41.1 Å². The molecule has 5 heteroatoms. The molecule has 1 aromatic carbocycles. The van der Waals surface area contributed by atoms with Gasteiger partial charge in [0.1, 0.15) is 0 Å². The quantitative estimate of drug-likeness (QED) is 0.360. The van der Waals surface area contributed by atoms with Gasteiger partial charge >= 0.3 is 0 Å². The van der Waals surface area contributed by atoms with Gasteiger partial charge in [-0.1, -0.05) is 66.9 Å². The van der Waals surface area contributed by atoms with E-state index in [0.717, 1.165) is 49.6 Å². The standard InChI is InChI=1S/C33H50N2O2S/c1-23-27(31(36)34-26-15-17-37-18-16-26)20-29(35(23)21-24-11-9-8-10-12-24)25-13-14-30(38-22-32(2,3)4)28(19-25)33(5,6)7/h13-14,19-20,24,26H,8-12,15-18,21-22H2,1-7H3,(H,34,36). The maximum absolute atomic E-state index is 13.5. The molecule has 0 spiro atoms. The van der Waals surface area contributed by atoms with E-state index in [4.69, 9.17) is 4.74 Å². The van der Waals surface area contributed by atoms with E-state index in [0.29, 0.717) is 5.92 Å². The van der Waals surface area contributed by atoms with Crippen molar-refractivity contribution in [3.63, 3.8) is 0 Å². The summed E-state index contributed by atoms with van der Waals surface area (Å²) in [5, 5.41) is 3.31. The van der Waals surface area contributed by atoms with E-state index >= 15 is 0 Å². The molecule has 1 amide bonds. The number of rotatable bonds is 7. The molecule has 4 rings (SSSR count). The molecule has 0 radical (unpaired) electrons. The fraction of sp³-hybridized carbons (Fsp3) is 0.667. The fourth-order valence-corrected chi connectivity index (χ4v) is 7.05. The van der Waals surface area contributed by atoms with Gasteiger partial charge in [-0.05, 0) is 78.7 Å². The van der Waals surface area contributed by atoms with Gasteiger partial charge in [0.25, 0.3) is 5.91 Å². The first kappa shape index (κ1) is 29.3. The Labute approximate surface area is 235 Å². The maximum atomic E-state index is 13.5. The molecule has 2 heterocycles. The van der Waals surface area contributed by atoms with Gasteiger partial charge in [0.15, 0.2) is 0 Å². The molecule has 1 N–H and O–H groups in total. The van der Waals surface area contributed by atoms with Crippen LogP contribution >= 0.6 is 11.8 Å². The number of thioether (sulfide) groups is 1. The maximum Gasteiger partial charge on any atom is 0.253 e. The van der Waals surface area contributed by atoms with Gasteiger partial charge in [-0.2, -0.15) is 0 Å². The van der Waals surface area contributed by atoms with Crippen LogP contribution in [0.2, 0.25) is 0 Å². The lowest BCUT2D eigenvalue weighted by molar-refractivity contribution is 0.0696. The topological polar surface area (TPSA) is 43.3 Å². The van der Waals surface area contributed by atoms with E-state index in [9.17, 15) is 4.79 Å². The van der Waals surface area contributed by atoms with E-state index in [1.807, 2.05) is 11.8 Å². The number of aromatic nitrogens is 1. The van der Waals surface area contributed by atoms with Gasteiger partial charge < -0.3 is 14.6 Å². The highest BCUT2D eigenvalue weighted by Crippen LogP contribution is 2.39. The van der Waals surface area contributed by atoms with Crippen LogP contribution in [0, 0.1) is 18.3 Å². The fourth-order valence-electron chi connectivity index (χ4n) is 5.78. The third kappa shape index (κ3) is 7.47. The smallest absolute Gasteiger partial charge is 0.253 e. The molecule has 1 aromatic heterocycles. The summed E-state index contributed by atoms with van der Waals surface area (Å²) in [5.74, 6) is 1.83. The number of hydrogen-bond donors (Lipinski definition) is 1. The number of amides is 1. The summed E-state index contributed by atoms with van der Waals surface area (Å²) < 4.78 is 7.96. The van der Waals surface area contributed by atoms with Gasteiger partial charge in [0, 0.05) is 47.8 Å². The second-order valence-electron chi connectivity index (χ2n) is 13.8. The number of hydrogen-bond acceptors (Lipinski definition) is 3. The van der Waals surface area contributed by atoms with E-state index in [1.54, 1.807) is 0 Å². The molecule has 1 aliphatic carbocycles. The molecule has 38 heavy (non-hydrogen) atoms. The molecule has 1 saturated heterocycles. The Kier molecular flexibility index (Phi) is 9.40. The third-order valence-corrected chi connectivity index (χ3v) is 9.75. The van der Waals surface area contributed by atoms with E-state index in [2.05, 4.69) is 82.6 Å². The number of benzene rings is 1. The monoisotopic (exact) mass is 538 g/mol. The molecule has 0 bridgehead atoms. The highest BCUT2D eigenvalue weighted by Gasteiger charge is 2.26. The molecule has 2 aliphatic rings. The van der Waals surface area contributed by atoms with Crippen molar-refractivity contribution in [2.45, 2.75) is 116 Å². The van der Waals surface area contributed by atoms with Gasteiger partial charge in [-0.25, -0.2) is 0 Å². The summed E-state index contributed by atoms with van der Waals surface area (Å²) in [6.07, 6.45) is 8.37. The van der Waals surface area contributed by atoms with Crippen molar-refractivity contribution < 1.29 is 9.53 Å². The summed E-state index contributed by atoms with van der Waals surface area (Å²) in [5.41, 5.74) is 6.03. The van der Waals surface area contributed by atoms with Crippen LogP contribution in [0.4, 0.5) is 0 Å². The predicted octanol–water partition coefficient (Wildman–Crippen LogP) is 8.39. The number of carbonyl (C=O) groups is 1. The van der Waals surface area contributed by atoms with E-state index < -0.39 is 0 Å². The molecule has 210 valence electrons. The molecule has 2 aromatic rings. The van der Waals surface area contributed by atoms with Crippen molar-refractivity contribution >= 4 is 17.7 Å². The lowest BCUT2D eigenvalue weighted by atomic mass is 9.85. The Morgan fingerprint density at radius 1 is 1.00 bits per heavy atom. The molecule has 1 aliphatic heterocycles. The zero-order valence-corrected chi connectivity index (χ0v) is 25.7. The number of ether oxygens (including phenoxy) is 1. The minimum Gasteiger partial charge on any atom is -0.381 e.